The summed E-state index contributed by atoms with van der Waals surface area (Å²) < 4.78 is 30.9. The molecular formula is C15H15F2N3O3. The van der Waals surface area contributed by atoms with Gasteiger partial charge in [0.15, 0.2) is 17.4 Å². The van der Waals surface area contributed by atoms with Crippen LogP contribution in [0.25, 0.3) is 0 Å². The molecule has 0 aliphatic heterocycles. The Kier molecular flexibility index (Phi) is 5.42. The zero-order valence-electron chi connectivity index (χ0n) is 12.2. The fourth-order valence-electron chi connectivity index (χ4n) is 1.79. The van der Waals surface area contributed by atoms with E-state index >= 15 is 0 Å². The molecule has 0 saturated carbocycles. The average molecular weight is 323 g/mol. The van der Waals surface area contributed by atoms with E-state index < -0.39 is 23.4 Å². The summed E-state index contributed by atoms with van der Waals surface area (Å²) in [6, 6.07) is 6.12. The molecular weight excluding hydrogens is 308 g/mol. The Hall–Kier alpha value is -2.74. The largest absolute Gasteiger partial charge is 0.459 e. The van der Waals surface area contributed by atoms with Gasteiger partial charge in [0.05, 0.1) is 12.8 Å². The molecule has 2 aromatic rings. The van der Waals surface area contributed by atoms with Crippen LogP contribution in [0.1, 0.15) is 29.1 Å². The van der Waals surface area contributed by atoms with Crippen LogP contribution < -0.4 is 16.2 Å². The summed E-state index contributed by atoms with van der Waals surface area (Å²) >= 11 is 0. The Morgan fingerprint density at radius 1 is 1.17 bits per heavy atom. The molecule has 23 heavy (non-hydrogen) atoms. The molecule has 1 aromatic heterocycles. The molecule has 0 aliphatic carbocycles. The van der Waals surface area contributed by atoms with Crippen LogP contribution in [0.15, 0.2) is 41.0 Å². The van der Waals surface area contributed by atoms with Crippen LogP contribution in [-0.2, 0) is 4.79 Å². The number of carbonyl (C=O) groups excluding carboxylic acids is 2. The van der Waals surface area contributed by atoms with E-state index in [9.17, 15) is 18.4 Å². The summed E-state index contributed by atoms with van der Waals surface area (Å²) in [5.41, 5.74) is 4.88. The van der Waals surface area contributed by atoms with Crippen LogP contribution in [0, 0.1) is 11.6 Å². The molecule has 0 spiro atoms. The van der Waals surface area contributed by atoms with Crippen LogP contribution in [0.5, 0.6) is 0 Å². The number of carbonyl (C=O) groups is 2. The third kappa shape index (κ3) is 4.62. The summed E-state index contributed by atoms with van der Waals surface area (Å²) in [5, 5.41) is 2.83. The maximum atomic E-state index is 13.1. The van der Waals surface area contributed by atoms with Gasteiger partial charge < -0.3 is 9.73 Å². The lowest BCUT2D eigenvalue weighted by Crippen LogP contribution is -2.45. The highest BCUT2D eigenvalue weighted by molar-refractivity contribution is 5.93. The first-order valence-electron chi connectivity index (χ1n) is 6.78. The third-order valence-electron chi connectivity index (χ3n) is 3.07. The molecule has 6 nitrogen and oxygen atoms in total. The summed E-state index contributed by atoms with van der Waals surface area (Å²) in [7, 11) is 0. The van der Waals surface area contributed by atoms with E-state index in [2.05, 4.69) is 16.2 Å². The van der Waals surface area contributed by atoms with Crippen molar-refractivity contribution in [1.29, 1.82) is 0 Å². The van der Waals surface area contributed by atoms with Crippen molar-refractivity contribution < 1.29 is 22.8 Å². The second-order valence-electron chi connectivity index (χ2n) is 4.76. The Labute approximate surface area is 130 Å². The van der Waals surface area contributed by atoms with Gasteiger partial charge in [-0.1, -0.05) is 6.07 Å². The van der Waals surface area contributed by atoms with E-state index in [0.717, 1.165) is 12.1 Å². The molecule has 0 fully saturated rings. The first-order chi connectivity index (χ1) is 11.0. The SMILES string of the molecule is C[C@H](NCC(=O)NNC(=O)c1ccco1)c1ccc(F)c(F)c1. The highest BCUT2D eigenvalue weighted by atomic mass is 19.2. The number of amides is 2. The minimum absolute atomic E-state index is 0.0633. The van der Waals surface area contributed by atoms with E-state index in [1.54, 1.807) is 13.0 Å². The maximum absolute atomic E-state index is 13.1. The van der Waals surface area contributed by atoms with Crippen LogP contribution in [-0.4, -0.2) is 18.4 Å². The minimum Gasteiger partial charge on any atom is -0.459 e. The molecule has 0 aliphatic rings. The number of hydrogen-bond donors (Lipinski definition) is 3. The fourth-order valence-corrected chi connectivity index (χ4v) is 1.79. The lowest BCUT2D eigenvalue weighted by Gasteiger charge is -2.14. The van der Waals surface area contributed by atoms with E-state index in [-0.39, 0.29) is 18.3 Å². The van der Waals surface area contributed by atoms with Crippen LogP contribution >= 0.6 is 0 Å². The lowest BCUT2D eigenvalue weighted by atomic mass is 10.1. The standard InChI is InChI=1S/C15H15F2N3O3/c1-9(10-4-5-11(16)12(17)7-10)18-8-14(21)19-20-15(22)13-3-2-6-23-13/h2-7,9,18H,8H2,1H3,(H,19,21)(H,20,22)/t9-/m0/s1. The van der Waals surface area contributed by atoms with Crippen LogP contribution in [0.2, 0.25) is 0 Å². The lowest BCUT2D eigenvalue weighted by molar-refractivity contribution is -0.121. The molecule has 3 N–H and O–H groups in total. The van der Waals surface area contributed by atoms with Crippen LogP contribution in [0.4, 0.5) is 8.78 Å². The molecule has 8 heteroatoms. The number of rotatable bonds is 5. The molecule has 2 rings (SSSR count). The van der Waals surface area contributed by atoms with Crippen molar-refractivity contribution in [1.82, 2.24) is 16.2 Å². The van der Waals surface area contributed by atoms with E-state index in [1.165, 1.54) is 18.4 Å². The van der Waals surface area contributed by atoms with Gasteiger partial charge in [-0.3, -0.25) is 20.4 Å². The van der Waals surface area contributed by atoms with Crippen molar-refractivity contribution in [2.24, 2.45) is 0 Å². The predicted octanol–water partition coefficient (Wildman–Crippen LogP) is 1.67. The van der Waals surface area contributed by atoms with Gasteiger partial charge in [0.25, 0.3) is 5.91 Å². The van der Waals surface area contributed by atoms with E-state index in [0.29, 0.717) is 5.56 Å². The number of benzene rings is 1. The highest BCUT2D eigenvalue weighted by Gasteiger charge is 2.12. The second kappa shape index (κ2) is 7.50. The fraction of sp³-hybridized carbons (Fsp3) is 0.200. The number of nitrogens with one attached hydrogen (secondary N) is 3. The molecule has 0 radical (unpaired) electrons. The summed E-state index contributed by atoms with van der Waals surface area (Å²) in [5.74, 6) is -2.91. The normalized spacial score (nSPS) is 11.8. The number of halogens is 2. The van der Waals surface area contributed by atoms with Crippen molar-refractivity contribution in [3.63, 3.8) is 0 Å². The van der Waals surface area contributed by atoms with Crippen molar-refractivity contribution >= 4 is 11.8 Å². The molecule has 122 valence electrons. The number of furan rings is 1. The van der Waals surface area contributed by atoms with Gasteiger partial charge in [-0.2, -0.15) is 0 Å². The summed E-state index contributed by atoms with van der Waals surface area (Å²) in [6.07, 6.45) is 1.34. The third-order valence-corrected chi connectivity index (χ3v) is 3.07. The monoisotopic (exact) mass is 323 g/mol. The molecule has 1 heterocycles. The molecule has 1 atom stereocenters. The van der Waals surface area contributed by atoms with Gasteiger partial charge in [0.1, 0.15) is 0 Å². The van der Waals surface area contributed by atoms with Crippen molar-refractivity contribution in [2.75, 3.05) is 6.54 Å². The predicted molar refractivity (Wildman–Crippen MR) is 77.1 cm³/mol. The molecule has 0 saturated heterocycles. The van der Waals surface area contributed by atoms with Gasteiger partial charge in [0.2, 0.25) is 0 Å². The number of hydrazine groups is 1. The van der Waals surface area contributed by atoms with Crippen LogP contribution in [0.3, 0.4) is 0 Å². The molecule has 0 bridgehead atoms. The molecule has 1 aromatic carbocycles. The Balaban J connectivity index is 1.77. The van der Waals surface area contributed by atoms with Gasteiger partial charge in [-0.25, -0.2) is 8.78 Å². The van der Waals surface area contributed by atoms with Gasteiger partial charge in [-0.15, -0.1) is 0 Å². The van der Waals surface area contributed by atoms with E-state index in [1.807, 2.05) is 0 Å². The smallest absolute Gasteiger partial charge is 0.305 e. The maximum Gasteiger partial charge on any atom is 0.305 e. The highest BCUT2D eigenvalue weighted by Crippen LogP contribution is 2.15. The van der Waals surface area contributed by atoms with Gasteiger partial charge in [-0.05, 0) is 36.8 Å². The van der Waals surface area contributed by atoms with Crippen molar-refractivity contribution in [2.45, 2.75) is 13.0 Å². The summed E-state index contributed by atoms with van der Waals surface area (Å²) in [6.45, 7) is 1.57. The number of hydrogen-bond acceptors (Lipinski definition) is 4. The first-order valence-corrected chi connectivity index (χ1v) is 6.78. The van der Waals surface area contributed by atoms with Gasteiger partial charge >= 0.3 is 5.91 Å². The summed E-state index contributed by atoms with van der Waals surface area (Å²) in [4.78, 5) is 23.1. The van der Waals surface area contributed by atoms with E-state index in [4.69, 9.17) is 4.42 Å². The molecule has 0 unspecified atom stereocenters. The van der Waals surface area contributed by atoms with Crippen molar-refractivity contribution in [3.8, 4) is 0 Å². The Morgan fingerprint density at radius 2 is 1.96 bits per heavy atom. The quantitative estimate of drug-likeness (QED) is 0.731. The zero-order valence-corrected chi connectivity index (χ0v) is 12.2. The average Bonchev–Trinajstić information content (AvgIpc) is 3.07. The first kappa shape index (κ1) is 16.6. The molecule has 2 amide bonds. The second-order valence-corrected chi connectivity index (χ2v) is 4.76. The van der Waals surface area contributed by atoms with Gasteiger partial charge in [0, 0.05) is 6.04 Å². The minimum atomic E-state index is -0.952. The zero-order chi connectivity index (χ0) is 16.8. The topological polar surface area (TPSA) is 83.4 Å². The van der Waals surface area contributed by atoms with Crippen molar-refractivity contribution in [3.05, 3.63) is 59.6 Å². The Morgan fingerprint density at radius 3 is 2.61 bits per heavy atom. The Bertz CT molecular complexity index is 689.